The Morgan fingerprint density at radius 3 is 2.55 bits per heavy atom. The van der Waals surface area contributed by atoms with Crippen LogP contribution in [0.3, 0.4) is 0 Å². The van der Waals surface area contributed by atoms with E-state index in [1.54, 1.807) is 24.5 Å². The molecule has 148 valence electrons. The van der Waals surface area contributed by atoms with E-state index in [9.17, 15) is 8.42 Å². The van der Waals surface area contributed by atoms with E-state index >= 15 is 0 Å². The normalized spacial score (nSPS) is 11.7. The predicted molar refractivity (Wildman–Crippen MR) is 115 cm³/mol. The number of nitrogens with zero attached hydrogens (tertiary/aromatic N) is 4. The highest BCUT2D eigenvalue weighted by Gasteiger charge is 2.22. The summed E-state index contributed by atoms with van der Waals surface area (Å²) in [5.74, 6) is 0. The molecule has 0 saturated carbocycles. The Kier molecular flexibility index (Phi) is 4.84. The average Bonchev–Trinajstić information content (AvgIpc) is 3.08. The molecule has 0 amide bonds. The summed E-state index contributed by atoms with van der Waals surface area (Å²) in [5, 5.41) is 0.907. The monoisotopic (exact) mass is 406 g/mol. The molecule has 6 nitrogen and oxygen atoms in total. The minimum atomic E-state index is -3.74. The van der Waals surface area contributed by atoms with Crippen LogP contribution >= 0.6 is 0 Å². The van der Waals surface area contributed by atoms with Gasteiger partial charge in [0.05, 0.1) is 16.9 Å². The highest BCUT2D eigenvalue weighted by atomic mass is 32.2. The van der Waals surface area contributed by atoms with Crippen molar-refractivity contribution >= 4 is 26.6 Å². The Hall–Kier alpha value is -3.19. The highest BCUT2D eigenvalue weighted by Crippen LogP contribution is 2.28. The molecule has 4 aromatic rings. The Bertz CT molecular complexity index is 1280. The second-order valence-corrected chi connectivity index (χ2v) is 8.89. The molecule has 0 unspecified atom stereocenters. The summed E-state index contributed by atoms with van der Waals surface area (Å²) in [4.78, 5) is 10.7. The van der Waals surface area contributed by atoms with E-state index in [0.717, 1.165) is 28.0 Å². The SMILES string of the molecule is Cc1ccc(N(C)Cc2cn(S(=O)(=O)c3cccnc3)c3ccccc23)c(C)n1. The van der Waals surface area contributed by atoms with Crippen molar-refractivity contribution in [2.45, 2.75) is 25.3 Å². The molecule has 1 aromatic carbocycles. The fourth-order valence-corrected chi connectivity index (χ4v) is 4.94. The van der Waals surface area contributed by atoms with Gasteiger partial charge in [0.15, 0.2) is 0 Å². The number of hydrogen-bond donors (Lipinski definition) is 0. The number of rotatable bonds is 5. The van der Waals surface area contributed by atoms with Gasteiger partial charge in [0, 0.05) is 43.3 Å². The molecule has 0 N–H and O–H groups in total. The van der Waals surface area contributed by atoms with Crippen molar-refractivity contribution in [3.05, 3.63) is 84.1 Å². The third kappa shape index (κ3) is 3.49. The van der Waals surface area contributed by atoms with Crippen LogP contribution in [0.2, 0.25) is 0 Å². The van der Waals surface area contributed by atoms with Crippen LogP contribution in [-0.2, 0) is 16.6 Å². The summed E-state index contributed by atoms with van der Waals surface area (Å²) in [5.41, 5.74) is 4.51. The van der Waals surface area contributed by atoms with Gasteiger partial charge in [-0.05, 0) is 49.7 Å². The lowest BCUT2D eigenvalue weighted by molar-refractivity contribution is 0.588. The molecule has 3 aromatic heterocycles. The topological polar surface area (TPSA) is 68.1 Å². The zero-order valence-electron chi connectivity index (χ0n) is 16.6. The average molecular weight is 407 g/mol. The zero-order valence-corrected chi connectivity index (χ0v) is 17.4. The van der Waals surface area contributed by atoms with E-state index in [1.807, 2.05) is 57.3 Å². The van der Waals surface area contributed by atoms with Crippen LogP contribution in [0.15, 0.2) is 72.0 Å². The largest absolute Gasteiger partial charge is 0.369 e. The highest BCUT2D eigenvalue weighted by molar-refractivity contribution is 7.90. The first-order valence-corrected chi connectivity index (χ1v) is 10.7. The molecule has 0 radical (unpaired) electrons. The van der Waals surface area contributed by atoms with Gasteiger partial charge in [0.25, 0.3) is 10.0 Å². The first-order chi connectivity index (χ1) is 13.9. The Balaban J connectivity index is 1.79. The van der Waals surface area contributed by atoms with E-state index in [2.05, 4.69) is 14.9 Å². The van der Waals surface area contributed by atoms with Crippen LogP contribution in [0, 0.1) is 13.8 Å². The van der Waals surface area contributed by atoms with E-state index in [-0.39, 0.29) is 4.90 Å². The number of aryl methyl sites for hydroxylation is 2. The quantitative estimate of drug-likeness (QED) is 0.502. The van der Waals surface area contributed by atoms with Crippen molar-refractivity contribution in [2.24, 2.45) is 0 Å². The number of anilines is 1. The number of para-hydroxylation sites is 1. The fraction of sp³-hybridized carbons (Fsp3) is 0.182. The van der Waals surface area contributed by atoms with Gasteiger partial charge in [-0.15, -0.1) is 0 Å². The molecule has 0 bridgehead atoms. The molecule has 0 spiro atoms. The van der Waals surface area contributed by atoms with Crippen molar-refractivity contribution in [1.82, 2.24) is 13.9 Å². The maximum atomic E-state index is 13.2. The van der Waals surface area contributed by atoms with E-state index < -0.39 is 10.0 Å². The third-order valence-electron chi connectivity index (χ3n) is 4.97. The standard InChI is InChI=1S/C22H22N4O2S/c1-16-10-11-21(17(2)24-16)25(3)14-18-15-26(22-9-5-4-8-20(18)22)29(27,28)19-7-6-12-23-13-19/h4-13,15H,14H2,1-3H3. The number of aromatic nitrogens is 3. The Morgan fingerprint density at radius 2 is 1.83 bits per heavy atom. The molecule has 0 aliphatic carbocycles. The molecule has 4 rings (SSSR count). The van der Waals surface area contributed by atoms with Crippen molar-refractivity contribution in [3.63, 3.8) is 0 Å². The zero-order chi connectivity index (χ0) is 20.6. The second-order valence-electron chi connectivity index (χ2n) is 7.07. The minimum Gasteiger partial charge on any atom is -0.369 e. The van der Waals surface area contributed by atoms with Crippen molar-refractivity contribution in [2.75, 3.05) is 11.9 Å². The van der Waals surface area contributed by atoms with Gasteiger partial charge in [-0.3, -0.25) is 9.97 Å². The van der Waals surface area contributed by atoms with Crippen molar-refractivity contribution in [3.8, 4) is 0 Å². The summed E-state index contributed by atoms with van der Waals surface area (Å²) in [6.07, 6.45) is 4.64. The van der Waals surface area contributed by atoms with Gasteiger partial charge >= 0.3 is 0 Å². The maximum Gasteiger partial charge on any atom is 0.269 e. The minimum absolute atomic E-state index is 0.166. The van der Waals surface area contributed by atoms with Gasteiger partial charge in [0.1, 0.15) is 4.90 Å². The number of hydrogen-bond acceptors (Lipinski definition) is 5. The first-order valence-electron chi connectivity index (χ1n) is 9.28. The lowest BCUT2D eigenvalue weighted by Crippen LogP contribution is -2.18. The van der Waals surface area contributed by atoms with Crippen molar-refractivity contribution < 1.29 is 8.42 Å². The van der Waals surface area contributed by atoms with Gasteiger partial charge in [-0.25, -0.2) is 12.4 Å². The van der Waals surface area contributed by atoms with Gasteiger partial charge in [0.2, 0.25) is 0 Å². The van der Waals surface area contributed by atoms with Crippen LogP contribution in [0.25, 0.3) is 10.9 Å². The molecule has 29 heavy (non-hydrogen) atoms. The predicted octanol–water partition coefficient (Wildman–Crippen LogP) is 3.92. The molecule has 0 saturated heterocycles. The summed E-state index contributed by atoms with van der Waals surface area (Å²) in [6, 6.07) is 14.8. The lowest BCUT2D eigenvalue weighted by atomic mass is 10.1. The van der Waals surface area contributed by atoms with E-state index in [0.29, 0.717) is 12.1 Å². The van der Waals surface area contributed by atoms with Crippen LogP contribution in [0.1, 0.15) is 17.0 Å². The number of fused-ring (bicyclic) bond motifs is 1. The molecule has 0 aliphatic heterocycles. The molecule has 3 heterocycles. The Labute approximate surface area is 170 Å². The molecule has 0 atom stereocenters. The second kappa shape index (κ2) is 7.33. The molecule has 0 fully saturated rings. The maximum absolute atomic E-state index is 13.2. The summed E-state index contributed by atoms with van der Waals surface area (Å²) >= 11 is 0. The third-order valence-corrected chi connectivity index (χ3v) is 6.62. The van der Waals surface area contributed by atoms with Crippen LogP contribution in [0.4, 0.5) is 5.69 Å². The molecular weight excluding hydrogens is 384 g/mol. The fourth-order valence-electron chi connectivity index (χ4n) is 3.58. The number of benzene rings is 1. The van der Waals surface area contributed by atoms with E-state index in [1.165, 1.54) is 10.2 Å². The molecule has 7 heteroatoms. The van der Waals surface area contributed by atoms with Gasteiger partial charge < -0.3 is 4.90 Å². The summed E-state index contributed by atoms with van der Waals surface area (Å²) in [7, 11) is -1.75. The van der Waals surface area contributed by atoms with Crippen molar-refractivity contribution in [1.29, 1.82) is 0 Å². The van der Waals surface area contributed by atoms with E-state index in [4.69, 9.17) is 0 Å². The summed E-state index contributed by atoms with van der Waals surface area (Å²) in [6.45, 7) is 4.50. The van der Waals surface area contributed by atoms with Gasteiger partial charge in [-0.2, -0.15) is 0 Å². The van der Waals surface area contributed by atoms with Crippen LogP contribution in [0.5, 0.6) is 0 Å². The first kappa shape index (κ1) is 19.1. The lowest BCUT2D eigenvalue weighted by Gasteiger charge is -2.21. The van der Waals surface area contributed by atoms with Crippen LogP contribution < -0.4 is 4.90 Å². The smallest absolute Gasteiger partial charge is 0.269 e. The molecule has 0 aliphatic rings. The van der Waals surface area contributed by atoms with Gasteiger partial charge in [-0.1, -0.05) is 18.2 Å². The number of pyridine rings is 2. The van der Waals surface area contributed by atoms with Crippen LogP contribution in [-0.4, -0.2) is 29.4 Å². The Morgan fingerprint density at radius 1 is 1.03 bits per heavy atom. The summed E-state index contributed by atoms with van der Waals surface area (Å²) < 4.78 is 27.8. The molecular formula is C22H22N4O2S.